The Hall–Kier alpha value is -2.05. The molecule has 0 saturated heterocycles. The molecule has 0 unspecified atom stereocenters. The molecule has 2 rings (SSSR count). The lowest BCUT2D eigenvalue weighted by Crippen LogP contribution is -1.97. The van der Waals surface area contributed by atoms with Gasteiger partial charge in [0.2, 0.25) is 0 Å². The highest BCUT2D eigenvalue weighted by atomic mass is 79.9. The number of allylic oxidation sites excluding steroid dienone is 2. The smallest absolute Gasteiger partial charge is 0.168 e. The van der Waals surface area contributed by atoms with Crippen molar-refractivity contribution in [2.45, 2.75) is 6.42 Å². The minimum Gasteiger partial charge on any atom is -0.294 e. The van der Waals surface area contributed by atoms with Gasteiger partial charge in [-0.15, -0.1) is 0 Å². The summed E-state index contributed by atoms with van der Waals surface area (Å²) in [5, 5.41) is 17.5. The Morgan fingerprint density at radius 2 is 1.94 bits per heavy atom. The average Bonchev–Trinajstić information content (AvgIpc) is 2.66. The predicted octanol–water partition coefficient (Wildman–Crippen LogP) is 3.11. The maximum absolute atomic E-state index is 13.9. The molecular weight excluding hydrogens is 306 g/mol. The van der Waals surface area contributed by atoms with Gasteiger partial charge in [0, 0.05) is 17.5 Å². The molecule has 6 heteroatoms. The van der Waals surface area contributed by atoms with Crippen LogP contribution >= 0.6 is 15.9 Å². The number of hydrogen-bond acceptors (Lipinski definition) is 3. The molecule has 0 amide bonds. The van der Waals surface area contributed by atoms with Gasteiger partial charge in [-0.2, -0.15) is 10.5 Å². The molecule has 3 nitrogen and oxygen atoms in total. The summed E-state index contributed by atoms with van der Waals surface area (Å²) >= 11 is 2.72. The largest absolute Gasteiger partial charge is 0.294 e. The molecule has 0 spiro atoms. The van der Waals surface area contributed by atoms with Gasteiger partial charge in [0.15, 0.2) is 5.78 Å². The first-order chi connectivity index (χ1) is 8.51. The molecule has 18 heavy (non-hydrogen) atoms. The summed E-state index contributed by atoms with van der Waals surface area (Å²) in [4.78, 5) is 11.6. The van der Waals surface area contributed by atoms with E-state index < -0.39 is 21.9 Å². The summed E-state index contributed by atoms with van der Waals surface area (Å²) in [7, 11) is 0. The van der Waals surface area contributed by atoms with Gasteiger partial charge in [0.25, 0.3) is 0 Å². The van der Waals surface area contributed by atoms with Crippen LogP contribution in [-0.4, -0.2) is 5.78 Å². The Morgan fingerprint density at radius 3 is 2.50 bits per heavy atom. The third-order valence-electron chi connectivity index (χ3n) is 2.63. The molecule has 1 aliphatic carbocycles. The normalized spacial score (nSPS) is 12.9. The van der Waals surface area contributed by atoms with Crippen molar-refractivity contribution in [3.05, 3.63) is 38.9 Å². The highest BCUT2D eigenvalue weighted by Crippen LogP contribution is 2.39. The van der Waals surface area contributed by atoms with Crippen molar-refractivity contribution in [2.24, 2.45) is 0 Å². The Labute approximate surface area is 109 Å². The number of nitriles is 2. The number of carbonyl (C=O) groups excluding carboxylic acids is 1. The molecule has 0 radical (unpaired) electrons. The van der Waals surface area contributed by atoms with E-state index in [1.54, 1.807) is 12.1 Å². The summed E-state index contributed by atoms with van der Waals surface area (Å²) in [6.07, 6.45) is -0.265. The van der Waals surface area contributed by atoms with Gasteiger partial charge < -0.3 is 0 Å². The number of halogens is 3. The lowest BCUT2D eigenvalue weighted by Gasteiger charge is -2.05. The van der Waals surface area contributed by atoms with Gasteiger partial charge in [-0.05, 0) is 27.6 Å². The fourth-order valence-electron chi connectivity index (χ4n) is 1.83. The van der Waals surface area contributed by atoms with Crippen LogP contribution in [0.2, 0.25) is 0 Å². The quantitative estimate of drug-likeness (QED) is 0.546. The van der Waals surface area contributed by atoms with Crippen molar-refractivity contribution in [1.29, 1.82) is 10.5 Å². The first kappa shape index (κ1) is 12.4. The van der Waals surface area contributed by atoms with Gasteiger partial charge in [-0.25, -0.2) is 8.78 Å². The summed E-state index contributed by atoms with van der Waals surface area (Å²) < 4.78 is 26.8. The zero-order valence-corrected chi connectivity index (χ0v) is 10.3. The van der Waals surface area contributed by atoms with Crippen molar-refractivity contribution in [1.82, 2.24) is 0 Å². The van der Waals surface area contributed by atoms with Gasteiger partial charge in [-0.3, -0.25) is 4.79 Å². The Kier molecular flexibility index (Phi) is 2.98. The molecule has 0 atom stereocenters. The molecular formula is C12H3BrF2N2O. The van der Waals surface area contributed by atoms with Crippen LogP contribution in [0.25, 0.3) is 5.57 Å². The minimum absolute atomic E-state index is 0.0122. The fourth-order valence-corrected chi connectivity index (χ4v) is 2.14. The molecule has 0 bridgehead atoms. The van der Waals surface area contributed by atoms with E-state index in [2.05, 4.69) is 15.9 Å². The van der Waals surface area contributed by atoms with E-state index in [0.717, 1.165) is 6.07 Å². The summed E-state index contributed by atoms with van der Waals surface area (Å²) in [5.41, 5.74) is -0.615. The Bertz CT molecular complexity index is 679. The van der Waals surface area contributed by atoms with Gasteiger partial charge in [0.1, 0.15) is 29.3 Å². The number of benzene rings is 1. The van der Waals surface area contributed by atoms with E-state index in [9.17, 15) is 13.6 Å². The van der Waals surface area contributed by atoms with Crippen LogP contribution in [0.3, 0.4) is 0 Å². The number of fused-ring (bicyclic) bond motifs is 1. The highest BCUT2D eigenvalue weighted by molar-refractivity contribution is 9.10. The van der Waals surface area contributed by atoms with Crippen molar-refractivity contribution in [2.75, 3.05) is 0 Å². The fraction of sp³-hybridized carbons (Fsp3) is 0.0833. The zero-order valence-electron chi connectivity index (χ0n) is 8.72. The summed E-state index contributed by atoms with van der Waals surface area (Å²) in [5.74, 6) is -2.36. The molecule has 0 heterocycles. The molecule has 88 valence electrons. The van der Waals surface area contributed by atoms with E-state index in [4.69, 9.17) is 10.5 Å². The van der Waals surface area contributed by atoms with Crippen molar-refractivity contribution < 1.29 is 13.6 Å². The van der Waals surface area contributed by atoms with E-state index in [1.165, 1.54) is 0 Å². The monoisotopic (exact) mass is 308 g/mol. The lowest BCUT2D eigenvalue weighted by atomic mass is 10.0. The Balaban J connectivity index is 2.88. The summed E-state index contributed by atoms with van der Waals surface area (Å²) in [6, 6.07) is 4.12. The van der Waals surface area contributed by atoms with E-state index in [-0.39, 0.29) is 28.7 Å². The molecule has 0 saturated carbocycles. The number of carbonyl (C=O) groups is 1. The van der Waals surface area contributed by atoms with Crippen molar-refractivity contribution in [3.63, 3.8) is 0 Å². The highest BCUT2D eigenvalue weighted by Gasteiger charge is 2.32. The van der Waals surface area contributed by atoms with Crippen LogP contribution in [0.5, 0.6) is 0 Å². The van der Waals surface area contributed by atoms with Crippen molar-refractivity contribution >= 4 is 27.3 Å². The maximum Gasteiger partial charge on any atom is 0.168 e. The molecule has 1 aliphatic rings. The second-order valence-corrected chi connectivity index (χ2v) is 4.38. The van der Waals surface area contributed by atoms with E-state index in [0.29, 0.717) is 0 Å². The lowest BCUT2D eigenvalue weighted by molar-refractivity contribution is 0.100. The van der Waals surface area contributed by atoms with Gasteiger partial charge in [0.05, 0.1) is 4.47 Å². The van der Waals surface area contributed by atoms with Crippen LogP contribution in [0.4, 0.5) is 8.78 Å². The third kappa shape index (κ3) is 1.62. The standard InChI is InChI=1S/C12H3BrF2N2O/c13-11-8(14)1-7-9(18)2-6(5(3-16)4-17)10(7)12(11)15/h1H,2H2. The predicted molar refractivity (Wildman–Crippen MR) is 61.2 cm³/mol. The molecule has 0 N–H and O–H groups in total. The van der Waals surface area contributed by atoms with E-state index in [1.807, 2.05) is 0 Å². The minimum atomic E-state index is -0.964. The first-order valence-electron chi connectivity index (χ1n) is 4.75. The van der Waals surface area contributed by atoms with Gasteiger partial charge in [-0.1, -0.05) is 0 Å². The topological polar surface area (TPSA) is 64.7 Å². The molecule has 0 aliphatic heterocycles. The zero-order chi connectivity index (χ0) is 13.4. The molecule has 0 aromatic heterocycles. The van der Waals surface area contributed by atoms with E-state index >= 15 is 0 Å². The average molecular weight is 309 g/mol. The Morgan fingerprint density at radius 1 is 1.33 bits per heavy atom. The first-order valence-corrected chi connectivity index (χ1v) is 5.55. The number of Topliss-reactive ketones (excluding diaryl/α,β-unsaturated/α-hetero) is 1. The molecule has 1 aromatic carbocycles. The number of ketones is 1. The summed E-state index contributed by atoms with van der Waals surface area (Å²) in [6.45, 7) is 0. The second kappa shape index (κ2) is 4.32. The maximum atomic E-state index is 13.9. The molecule has 0 fully saturated rings. The number of hydrogen-bond donors (Lipinski definition) is 0. The van der Waals surface area contributed by atoms with Crippen LogP contribution in [0, 0.1) is 34.3 Å². The van der Waals surface area contributed by atoms with Crippen LogP contribution < -0.4 is 0 Å². The second-order valence-electron chi connectivity index (χ2n) is 3.59. The van der Waals surface area contributed by atoms with Crippen molar-refractivity contribution in [3.8, 4) is 12.1 Å². The molecule has 1 aromatic rings. The van der Waals surface area contributed by atoms with Gasteiger partial charge >= 0.3 is 0 Å². The third-order valence-corrected chi connectivity index (χ3v) is 3.35. The number of nitrogens with zero attached hydrogens (tertiary/aromatic N) is 2. The SMILES string of the molecule is N#CC(C#N)=C1CC(=O)c2cc(F)c(Br)c(F)c21. The van der Waals surface area contributed by atoms with Crippen LogP contribution in [-0.2, 0) is 0 Å². The van der Waals surface area contributed by atoms with Crippen LogP contribution in [0.15, 0.2) is 16.1 Å². The number of rotatable bonds is 0. The van der Waals surface area contributed by atoms with Crippen LogP contribution in [0.1, 0.15) is 22.3 Å².